The number of nitrogens with two attached hydrogens (primary N) is 1. The number of benzene rings is 3. The van der Waals surface area contributed by atoms with Crippen molar-refractivity contribution in [2.45, 2.75) is 0 Å². The van der Waals surface area contributed by atoms with E-state index in [-0.39, 0.29) is 18.4 Å². The van der Waals surface area contributed by atoms with Crippen LogP contribution in [0.2, 0.25) is 0 Å². The molecule has 0 saturated carbocycles. The van der Waals surface area contributed by atoms with Crippen molar-refractivity contribution in [2.75, 3.05) is 52.7 Å². The van der Waals surface area contributed by atoms with E-state index in [2.05, 4.69) is 34.9 Å². The van der Waals surface area contributed by atoms with Crippen molar-refractivity contribution in [3.8, 4) is 22.5 Å². The highest BCUT2D eigenvalue weighted by molar-refractivity contribution is 6.04. The molecule has 36 heavy (non-hydrogen) atoms. The SMILES string of the molecule is CN(C)c1ccc2c(-c3cccc(C(=O)NCCNC(=O)CN)c3)c3ccc(=[N+](C)C)cc-3oc2c1. The number of carbonyl (C=O) groups excluding carboxylic acids is 2. The topological polar surface area (TPSA) is 104 Å². The number of amides is 2. The van der Waals surface area contributed by atoms with Crippen molar-refractivity contribution in [1.82, 2.24) is 15.2 Å². The second-order valence-corrected chi connectivity index (χ2v) is 9.02. The third-order valence-corrected chi connectivity index (χ3v) is 6.05. The lowest BCUT2D eigenvalue weighted by atomic mass is 9.92. The van der Waals surface area contributed by atoms with E-state index in [4.69, 9.17) is 10.2 Å². The predicted octanol–water partition coefficient (Wildman–Crippen LogP) is 2.11. The second-order valence-electron chi connectivity index (χ2n) is 9.02. The number of hydrogen-bond donors (Lipinski definition) is 3. The summed E-state index contributed by atoms with van der Waals surface area (Å²) in [5.74, 6) is 0.303. The van der Waals surface area contributed by atoms with Gasteiger partial charge < -0.3 is 25.7 Å². The molecular formula is C28H32N5O3+. The van der Waals surface area contributed by atoms with Gasteiger partial charge in [0.2, 0.25) is 11.3 Å². The van der Waals surface area contributed by atoms with Gasteiger partial charge in [0, 0.05) is 67.1 Å². The standard InChI is InChI=1S/C28H31N5O3/c1-32(2)20-8-10-22-24(15-20)36-25-16-21(33(3)4)9-11-23(25)27(22)18-6-5-7-19(14-18)28(35)31-13-12-30-26(34)17-29/h5-11,14-16H,12-13,17,29H2,1-4H3,(H-,30,31,34,35)/p+1. The Kier molecular flexibility index (Phi) is 7.36. The van der Waals surface area contributed by atoms with Gasteiger partial charge in [0.05, 0.1) is 12.6 Å². The van der Waals surface area contributed by atoms with Crippen LogP contribution in [0.3, 0.4) is 0 Å². The molecule has 2 aromatic carbocycles. The van der Waals surface area contributed by atoms with Crippen LogP contribution in [-0.2, 0) is 4.79 Å². The highest BCUT2D eigenvalue weighted by atomic mass is 16.3. The molecule has 0 spiro atoms. The van der Waals surface area contributed by atoms with Crippen molar-refractivity contribution < 1.29 is 14.0 Å². The molecule has 0 radical (unpaired) electrons. The number of anilines is 1. The van der Waals surface area contributed by atoms with Crippen molar-refractivity contribution in [3.63, 3.8) is 0 Å². The summed E-state index contributed by atoms with van der Waals surface area (Å²) in [7, 11) is 7.99. The monoisotopic (exact) mass is 486 g/mol. The smallest absolute Gasteiger partial charge is 0.251 e. The Labute approximate surface area is 210 Å². The molecule has 1 aliphatic heterocycles. The maximum absolute atomic E-state index is 12.8. The van der Waals surface area contributed by atoms with Gasteiger partial charge in [-0.3, -0.25) is 9.59 Å². The lowest BCUT2D eigenvalue weighted by Crippen LogP contribution is -2.37. The molecule has 0 atom stereocenters. The summed E-state index contributed by atoms with van der Waals surface area (Å²) < 4.78 is 8.42. The fourth-order valence-corrected chi connectivity index (χ4v) is 4.10. The molecule has 8 heteroatoms. The first-order valence-corrected chi connectivity index (χ1v) is 11.8. The van der Waals surface area contributed by atoms with Crippen LogP contribution in [0.1, 0.15) is 10.4 Å². The van der Waals surface area contributed by atoms with E-state index < -0.39 is 0 Å². The van der Waals surface area contributed by atoms with Crippen molar-refractivity contribution in [2.24, 2.45) is 5.73 Å². The lowest BCUT2D eigenvalue weighted by molar-refractivity contribution is -0.119. The summed E-state index contributed by atoms with van der Waals surface area (Å²) in [6.07, 6.45) is 0. The minimum atomic E-state index is -0.255. The molecule has 1 heterocycles. The van der Waals surface area contributed by atoms with Crippen molar-refractivity contribution >= 4 is 28.5 Å². The van der Waals surface area contributed by atoms with Gasteiger partial charge in [0.1, 0.15) is 25.4 Å². The fraction of sp³-hybridized carbons (Fsp3) is 0.250. The lowest BCUT2D eigenvalue weighted by Gasteiger charge is -2.18. The van der Waals surface area contributed by atoms with Gasteiger partial charge in [-0.15, -0.1) is 0 Å². The van der Waals surface area contributed by atoms with Crippen LogP contribution < -0.4 is 31.2 Å². The summed E-state index contributed by atoms with van der Waals surface area (Å²) in [6, 6.07) is 19.9. The molecule has 2 amide bonds. The van der Waals surface area contributed by atoms with E-state index >= 15 is 0 Å². The van der Waals surface area contributed by atoms with Gasteiger partial charge in [-0.1, -0.05) is 12.1 Å². The Morgan fingerprint density at radius 1 is 0.972 bits per heavy atom. The first-order valence-electron chi connectivity index (χ1n) is 11.8. The van der Waals surface area contributed by atoms with E-state index in [1.807, 2.05) is 68.0 Å². The normalized spacial score (nSPS) is 10.9. The van der Waals surface area contributed by atoms with Crippen molar-refractivity contribution in [3.05, 3.63) is 71.6 Å². The molecule has 8 nitrogen and oxygen atoms in total. The van der Waals surface area contributed by atoms with Gasteiger partial charge in [-0.05, 0) is 35.9 Å². The van der Waals surface area contributed by atoms with Crippen LogP contribution in [-0.4, -0.2) is 59.6 Å². The van der Waals surface area contributed by atoms with E-state index in [1.54, 1.807) is 6.07 Å². The van der Waals surface area contributed by atoms with E-state index in [0.717, 1.165) is 44.5 Å². The molecule has 4 N–H and O–H groups in total. The van der Waals surface area contributed by atoms with Crippen molar-refractivity contribution in [1.29, 1.82) is 0 Å². The Balaban J connectivity index is 1.79. The quantitative estimate of drug-likeness (QED) is 0.211. The average Bonchev–Trinajstić information content (AvgIpc) is 2.88. The molecule has 0 bridgehead atoms. The largest absolute Gasteiger partial charge is 0.456 e. The van der Waals surface area contributed by atoms with Gasteiger partial charge in [0.15, 0.2) is 0 Å². The zero-order chi connectivity index (χ0) is 25.8. The summed E-state index contributed by atoms with van der Waals surface area (Å²) in [4.78, 5) is 26.2. The highest BCUT2D eigenvalue weighted by Gasteiger charge is 2.19. The van der Waals surface area contributed by atoms with Gasteiger partial charge in [-0.2, -0.15) is 0 Å². The molecule has 2 aliphatic rings. The van der Waals surface area contributed by atoms with Crippen LogP contribution in [0.4, 0.5) is 5.69 Å². The average molecular weight is 487 g/mol. The minimum absolute atomic E-state index is 0.0761. The number of fused-ring (bicyclic) bond motifs is 2. The Hall–Kier alpha value is -4.17. The number of hydrogen-bond acceptors (Lipinski definition) is 5. The number of carbonyl (C=O) groups is 2. The summed E-state index contributed by atoms with van der Waals surface area (Å²) in [5, 5.41) is 7.50. The molecule has 0 unspecified atom stereocenters. The van der Waals surface area contributed by atoms with Gasteiger partial charge >= 0.3 is 0 Å². The van der Waals surface area contributed by atoms with E-state index in [1.165, 1.54) is 0 Å². The molecule has 4 rings (SSSR count). The van der Waals surface area contributed by atoms with E-state index in [0.29, 0.717) is 18.7 Å². The molecular weight excluding hydrogens is 454 g/mol. The van der Waals surface area contributed by atoms with Crippen LogP contribution in [0.25, 0.3) is 33.4 Å². The van der Waals surface area contributed by atoms with Crippen LogP contribution >= 0.6 is 0 Å². The number of nitrogens with zero attached hydrogens (tertiary/aromatic N) is 2. The summed E-state index contributed by atoms with van der Waals surface area (Å²) in [5.41, 5.74) is 10.5. The molecule has 0 aromatic heterocycles. The van der Waals surface area contributed by atoms with E-state index in [9.17, 15) is 9.59 Å². The summed E-state index contributed by atoms with van der Waals surface area (Å²) >= 11 is 0. The molecule has 0 saturated heterocycles. The van der Waals surface area contributed by atoms with Gasteiger partial charge in [0.25, 0.3) is 5.91 Å². The Bertz CT molecular complexity index is 1470. The first kappa shape index (κ1) is 24.9. The number of rotatable bonds is 7. The third kappa shape index (κ3) is 5.23. The Morgan fingerprint density at radius 2 is 1.75 bits per heavy atom. The Morgan fingerprint density at radius 3 is 2.47 bits per heavy atom. The fourth-order valence-electron chi connectivity index (χ4n) is 4.10. The minimum Gasteiger partial charge on any atom is -0.456 e. The molecule has 0 fully saturated rings. The summed E-state index contributed by atoms with van der Waals surface area (Å²) in [6.45, 7) is 0.554. The van der Waals surface area contributed by atoms with Crippen LogP contribution in [0.5, 0.6) is 0 Å². The second kappa shape index (κ2) is 10.6. The first-order chi connectivity index (χ1) is 17.3. The maximum atomic E-state index is 12.8. The predicted molar refractivity (Wildman–Crippen MR) is 144 cm³/mol. The van der Waals surface area contributed by atoms with Crippen LogP contribution in [0.15, 0.2) is 65.1 Å². The molecule has 2 aromatic rings. The zero-order valence-electron chi connectivity index (χ0n) is 21.1. The highest BCUT2D eigenvalue weighted by Crippen LogP contribution is 2.40. The van der Waals surface area contributed by atoms with Gasteiger partial charge in [-0.25, -0.2) is 4.58 Å². The number of nitrogens with one attached hydrogen (secondary N) is 2. The third-order valence-electron chi connectivity index (χ3n) is 6.05. The molecule has 1 aliphatic carbocycles. The zero-order valence-corrected chi connectivity index (χ0v) is 21.1. The van der Waals surface area contributed by atoms with Crippen LogP contribution in [0, 0.1) is 0 Å². The maximum Gasteiger partial charge on any atom is 0.251 e. The molecule has 186 valence electrons.